The van der Waals surface area contributed by atoms with Gasteiger partial charge in [-0.25, -0.2) is 0 Å². The van der Waals surface area contributed by atoms with Crippen molar-refractivity contribution in [3.8, 4) is 0 Å². The molecule has 0 heterocycles. The van der Waals surface area contributed by atoms with E-state index < -0.39 is 42.6 Å². The Morgan fingerprint density at radius 1 is 0.680 bits per heavy atom. The van der Waals surface area contributed by atoms with E-state index in [0.717, 1.165) is 19.3 Å². The van der Waals surface area contributed by atoms with Crippen molar-refractivity contribution < 1.29 is 35.1 Å². The molecule has 1 saturated carbocycles. The summed E-state index contributed by atoms with van der Waals surface area (Å²) in [5, 5.41) is 48.3. The lowest BCUT2D eigenvalue weighted by molar-refractivity contribution is -0.233. The standard InChI is InChI=1S/C18H34O7/c1-2-3-4-5-6-7-8-9-10-11-12(19)25-18-16(23)14(21)13(20)15(22)17(18)24/h13-18,20-24H,2-11H2,1H3/t13?,14-,15+,16-,17-,18?/m0/s1. The summed E-state index contributed by atoms with van der Waals surface area (Å²) in [4.78, 5) is 11.8. The van der Waals surface area contributed by atoms with Crippen molar-refractivity contribution in [1.82, 2.24) is 0 Å². The second-order valence-electron chi connectivity index (χ2n) is 6.99. The van der Waals surface area contributed by atoms with Crippen molar-refractivity contribution in [2.75, 3.05) is 0 Å². The highest BCUT2D eigenvalue weighted by molar-refractivity contribution is 5.69. The molecule has 1 aliphatic carbocycles. The number of ether oxygens (including phenoxy) is 1. The highest BCUT2D eigenvalue weighted by Crippen LogP contribution is 2.24. The van der Waals surface area contributed by atoms with Crippen molar-refractivity contribution in [2.24, 2.45) is 0 Å². The molecule has 0 saturated heterocycles. The van der Waals surface area contributed by atoms with Gasteiger partial charge >= 0.3 is 5.97 Å². The molecule has 5 N–H and O–H groups in total. The van der Waals surface area contributed by atoms with Crippen LogP contribution < -0.4 is 0 Å². The molecule has 7 heteroatoms. The Hall–Kier alpha value is -0.730. The zero-order valence-electron chi connectivity index (χ0n) is 15.1. The van der Waals surface area contributed by atoms with E-state index in [2.05, 4.69) is 6.92 Å². The van der Waals surface area contributed by atoms with Gasteiger partial charge in [0.2, 0.25) is 0 Å². The third-order valence-corrected chi connectivity index (χ3v) is 4.82. The van der Waals surface area contributed by atoms with Crippen LogP contribution in [0.25, 0.3) is 0 Å². The van der Waals surface area contributed by atoms with Gasteiger partial charge in [-0.3, -0.25) is 4.79 Å². The smallest absolute Gasteiger partial charge is 0.306 e. The number of carbonyl (C=O) groups is 1. The zero-order valence-corrected chi connectivity index (χ0v) is 15.1. The number of carbonyl (C=O) groups excluding carboxylic acids is 1. The summed E-state index contributed by atoms with van der Waals surface area (Å²) in [7, 11) is 0. The molecule has 1 fully saturated rings. The van der Waals surface area contributed by atoms with Crippen LogP contribution in [0.15, 0.2) is 0 Å². The number of unbranched alkanes of at least 4 members (excludes halogenated alkanes) is 8. The molecule has 6 atom stereocenters. The van der Waals surface area contributed by atoms with Gasteiger partial charge in [0.15, 0.2) is 6.10 Å². The SMILES string of the molecule is CCCCCCCCCCCC(=O)OC1[C@@H](O)[C@H](O)C(O)[C@H](O)[C@@H]1O. The highest BCUT2D eigenvalue weighted by atomic mass is 16.6. The molecule has 0 radical (unpaired) electrons. The molecule has 25 heavy (non-hydrogen) atoms. The van der Waals surface area contributed by atoms with Gasteiger partial charge in [-0.05, 0) is 6.42 Å². The van der Waals surface area contributed by atoms with E-state index in [1.807, 2.05) is 0 Å². The predicted octanol–water partition coefficient (Wildman–Crippen LogP) is 0.637. The fourth-order valence-corrected chi connectivity index (χ4v) is 3.13. The summed E-state index contributed by atoms with van der Waals surface area (Å²) in [5.74, 6) is -0.596. The van der Waals surface area contributed by atoms with Gasteiger partial charge in [0.25, 0.3) is 0 Å². The summed E-state index contributed by atoms with van der Waals surface area (Å²) >= 11 is 0. The lowest BCUT2D eigenvalue weighted by Gasteiger charge is -2.41. The van der Waals surface area contributed by atoms with Crippen LogP contribution in [0.2, 0.25) is 0 Å². The number of aliphatic hydroxyl groups is 5. The van der Waals surface area contributed by atoms with Crippen LogP contribution in [0.3, 0.4) is 0 Å². The second-order valence-corrected chi connectivity index (χ2v) is 6.99. The Balaban J connectivity index is 2.19. The first-order chi connectivity index (χ1) is 11.9. The van der Waals surface area contributed by atoms with E-state index in [0.29, 0.717) is 6.42 Å². The molecule has 7 nitrogen and oxygen atoms in total. The molecular weight excluding hydrogens is 328 g/mol. The van der Waals surface area contributed by atoms with Gasteiger partial charge in [-0.1, -0.05) is 58.3 Å². The third-order valence-electron chi connectivity index (χ3n) is 4.82. The Morgan fingerprint density at radius 2 is 1.08 bits per heavy atom. The highest BCUT2D eigenvalue weighted by Gasteiger charge is 2.50. The minimum Gasteiger partial charge on any atom is -0.457 e. The van der Waals surface area contributed by atoms with Gasteiger partial charge in [-0.2, -0.15) is 0 Å². The van der Waals surface area contributed by atoms with Crippen molar-refractivity contribution >= 4 is 5.97 Å². The number of rotatable bonds is 11. The first-order valence-electron chi connectivity index (χ1n) is 9.50. The van der Waals surface area contributed by atoms with Crippen LogP contribution in [-0.4, -0.2) is 68.1 Å². The van der Waals surface area contributed by atoms with Gasteiger partial charge < -0.3 is 30.3 Å². The van der Waals surface area contributed by atoms with Crippen LogP contribution >= 0.6 is 0 Å². The molecular formula is C18H34O7. The quantitative estimate of drug-likeness (QED) is 0.269. The summed E-state index contributed by atoms with van der Waals surface area (Å²) in [6.45, 7) is 2.19. The molecule has 1 aliphatic rings. The molecule has 0 bridgehead atoms. The molecule has 0 spiro atoms. The number of esters is 1. The van der Waals surface area contributed by atoms with E-state index in [1.54, 1.807) is 0 Å². The van der Waals surface area contributed by atoms with Crippen molar-refractivity contribution in [3.63, 3.8) is 0 Å². The molecule has 0 aliphatic heterocycles. The minimum atomic E-state index is -1.68. The molecule has 2 unspecified atom stereocenters. The van der Waals surface area contributed by atoms with Crippen LogP contribution in [0, 0.1) is 0 Å². The number of aliphatic hydroxyl groups excluding tert-OH is 5. The summed E-state index contributed by atoms with van der Waals surface area (Å²) in [6.07, 6.45) is 0.417. The van der Waals surface area contributed by atoms with E-state index >= 15 is 0 Å². The Morgan fingerprint density at radius 3 is 1.56 bits per heavy atom. The van der Waals surface area contributed by atoms with Crippen LogP contribution in [0.5, 0.6) is 0 Å². The van der Waals surface area contributed by atoms with Gasteiger partial charge in [0.05, 0.1) is 0 Å². The minimum absolute atomic E-state index is 0.153. The first-order valence-corrected chi connectivity index (χ1v) is 9.50. The van der Waals surface area contributed by atoms with Gasteiger partial charge in [0.1, 0.15) is 30.5 Å². The Bertz CT molecular complexity index is 360. The normalized spacial score (nSPS) is 32.6. The maximum Gasteiger partial charge on any atom is 0.306 e. The van der Waals surface area contributed by atoms with E-state index in [9.17, 15) is 30.3 Å². The van der Waals surface area contributed by atoms with Crippen molar-refractivity contribution in [3.05, 3.63) is 0 Å². The Labute approximate surface area is 149 Å². The molecule has 0 aromatic rings. The lowest BCUT2D eigenvalue weighted by Crippen LogP contribution is -2.64. The van der Waals surface area contributed by atoms with Gasteiger partial charge in [-0.15, -0.1) is 0 Å². The van der Waals surface area contributed by atoms with Crippen LogP contribution in [0.1, 0.15) is 71.1 Å². The van der Waals surface area contributed by atoms with E-state index in [1.165, 1.54) is 32.1 Å². The fraction of sp³-hybridized carbons (Fsp3) is 0.944. The summed E-state index contributed by atoms with van der Waals surface area (Å²) < 4.78 is 5.01. The Kier molecular flexibility index (Phi) is 10.5. The molecule has 0 amide bonds. The average Bonchev–Trinajstić information content (AvgIpc) is 2.60. The number of hydrogen-bond donors (Lipinski definition) is 5. The zero-order chi connectivity index (χ0) is 18.8. The van der Waals surface area contributed by atoms with Crippen molar-refractivity contribution in [2.45, 2.75) is 108 Å². The summed E-state index contributed by atoms with van der Waals surface area (Å²) in [6, 6.07) is 0. The topological polar surface area (TPSA) is 127 Å². The van der Waals surface area contributed by atoms with E-state index in [4.69, 9.17) is 4.74 Å². The molecule has 148 valence electrons. The lowest BCUT2D eigenvalue weighted by atomic mass is 9.85. The maximum atomic E-state index is 11.8. The third kappa shape index (κ3) is 7.19. The molecule has 1 rings (SSSR count). The van der Waals surface area contributed by atoms with Crippen LogP contribution in [0.4, 0.5) is 0 Å². The number of hydrogen-bond acceptors (Lipinski definition) is 7. The molecule has 0 aromatic heterocycles. The second kappa shape index (κ2) is 11.8. The average molecular weight is 362 g/mol. The fourth-order valence-electron chi connectivity index (χ4n) is 3.13. The first kappa shape index (κ1) is 22.3. The van der Waals surface area contributed by atoms with Crippen LogP contribution in [-0.2, 0) is 9.53 Å². The predicted molar refractivity (Wildman–Crippen MR) is 91.8 cm³/mol. The molecule has 0 aromatic carbocycles. The van der Waals surface area contributed by atoms with E-state index in [-0.39, 0.29) is 6.42 Å². The largest absolute Gasteiger partial charge is 0.457 e. The van der Waals surface area contributed by atoms with Gasteiger partial charge in [0, 0.05) is 6.42 Å². The maximum absolute atomic E-state index is 11.8. The summed E-state index contributed by atoms with van der Waals surface area (Å²) in [5.41, 5.74) is 0. The monoisotopic (exact) mass is 362 g/mol. The van der Waals surface area contributed by atoms with Crippen molar-refractivity contribution in [1.29, 1.82) is 0 Å².